The topological polar surface area (TPSA) is 52.6 Å². The zero-order valence-electron chi connectivity index (χ0n) is 12.7. The van der Waals surface area contributed by atoms with Gasteiger partial charge in [-0.25, -0.2) is 9.59 Å². The standard InChI is InChI=1S/C18H18O4/c1-21-17(19)15-10-6-9-14(16(15)18(20)22-2)12-11-13-7-4-3-5-8-13/h3-10H,11-12H2,1-2H3. The second-order valence-corrected chi connectivity index (χ2v) is 4.81. The van der Waals surface area contributed by atoms with Gasteiger partial charge in [-0.05, 0) is 30.0 Å². The fraction of sp³-hybridized carbons (Fsp3) is 0.222. The number of carbonyl (C=O) groups excluding carboxylic acids is 2. The number of rotatable bonds is 5. The van der Waals surface area contributed by atoms with E-state index in [2.05, 4.69) is 0 Å². The van der Waals surface area contributed by atoms with Crippen molar-refractivity contribution in [1.29, 1.82) is 0 Å². The number of aryl methyl sites for hydroxylation is 2. The summed E-state index contributed by atoms with van der Waals surface area (Å²) in [5.41, 5.74) is 2.47. The minimum Gasteiger partial charge on any atom is -0.465 e. The Bertz CT molecular complexity index is 662. The summed E-state index contributed by atoms with van der Waals surface area (Å²) in [4.78, 5) is 23.9. The average Bonchev–Trinajstić information content (AvgIpc) is 2.59. The van der Waals surface area contributed by atoms with Crippen molar-refractivity contribution in [2.45, 2.75) is 12.8 Å². The van der Waals surface area contributed by atoms with Crippen LogP contribution in [-0.2, 0) is 22.3 Å². The average molecular weight is 298 g/mol. The van der Waals surface area contributed by atoms with Gasteiger partial charge in [0, 0.05) is 0 Å². The maximum absolute atomic E-state index is 12.1. The van der Waals surface area contributed by atoms with Crippen LogP contribution in [0, 0.1) is 0 Å². The summed E-state index contributed by atoms with van der Waals surface area (Å²) in [7, 11) is 2.59. The van der Waals surface area contributed by atoms with Crippen molar-refractivity contribution in [3.63, 3.8) is 0 Å². The first-order valence-corrected chi connectivity index (χ1v) is 6.99. The van der Waals surface area contributed by atoms with Crippen LogP contribution in [0.1, 0.15) is 31.8 Å². The third-order valence-corrected chi connectivity index (χ3v) is 3.47. The largest absolute Gasteiger partial charge is 0.465 e. The second-order valence-electron chi connectivity index (χ2n) is 4.81. The van der Waals surface area contributed by atoms with E-state index in [1.165, 1.54) is 19.8 Å². The van der Waals surface area contributed by atoms with Gasteiger partial charge in [-0.15, -0.1) is 0 Å². The molecule has 0 radical (unpaired) electrons. The Hall–Kier alpha value is -2.62. The molecule has 2 rings (SSSR count). The van der Waals surface area contributed by atoms with Crippen LogP contribution in [-0.4, -0.2) is 26.2 Å². The molecule has 0 bridgehead atoms. The van der Waals surface area contributed by atoms with Gasteiger partial charge in [-0.3, -0.25) is 0 Å². The van der Waals surface area contributed by atoms with Gasteiger partial charge in [-0.2, -0.15) is 0 Å². The smallest absolute Gasteiger partial charge is 0.339 e. The Morgan fingerprint density at radius 3 is 2.14 bits per heavy atom. The predicted octanol–water partition coefficient (Wildman–Crippen LogP) is 3.05. The molecule has 0 saturated heterocycles. The Labute approximate surface area is 129 Å². The predicted molar refractivity (Wildman–Crippen MR) is 83.0 cm³/mol. The molecule has 0 spiro atoms. The van der Waals surface area contributed by atoms with E-state index in [4.69, 9.17) is 9.47 Å². The van der Waals surface area contributed by atoms with Crippen LogP contribution in [0.2, 0.25) is 0 Å². The number of methoxy groups -OCH3 is 2. The highest BCUT2D eigenvalue weighted by atomic mass is 16.5. The van der Waals surface area contributed by atoms with E-state index in [0.717, 1.165) is 12.0 Å². The van der Waals surface area contributed by atoms with Crippen LogP contribution in [0.15, 0.2) is 48.5 Å². The first-order chi connectivity index (χ1) is 10.7. The maximum Gasteiger partial charge on any atom is 0.339 e. The van der Waals surface area contributed by atoms with Crippen LogP contribution >= 0.6 is 0 Å². The number of esters is 2. The number of ether oxygens (including phenoxy) is 2. The summed E-state index contributed by atoms with van der Waals surface area (Å²) in [6, 6.07) is 15.1. The van der Waals surface area contributed by atoms with Gasteiger partial charge >= 0.3 is 11.9 Å². The Morgan fingerprint density at radius 2 is 1.50 bits per heavy atom. The highest BCUT2D eigenvalue weighted by molar-refractivity contribution is 6.04. The summed E-state index contributed by atoms with van der Waals surface area (Å²) < 4.78 is 9.56. The minimum absolute atomic E-state index is 0.236. The molecule has 0 aromatic heterocycles. The molecule has 0 unspecified atom stereocenters. The molecular weight excluding hydrogens is 280 g/mol. The quantitative estimate of drug-likeness (QED) is 0.796. The van der Waals surface area contributed by atoms with Crippen LogP contribution in [0.4, 0.5) is 0 Å². The van der Waals surface area contributed by atoms with Crippen LogP contribution < -0.4 is 0 Å². The minimum atomic E-state index is -0.540. The van der Waals surface area contributed by atoms with Crippen molar-refractivity contribution in [3.8, 4) is 0 Å². The van der Waals surface area contributed by atoms with Crippen molar-refractivity contribution in [2.75, 3.05) is 14.2 Å². The van der Waals surface area contributed by atoms with Crippen molar-refractivity contribution in [3.05, 3.63) is 70.8 Å². The molecular formula is C18H18O4. The molecule has 22 heavy (non-hydrogen) atoms. The Morgan fingerprint density at radius 1 is 0.818 bits per heavy atom. The molecule has 2 aromatic rings. The maximum atomic E-state index is 12.1. The molecule has 0 aliphatic rings. The molecule has 2 aromatic carbocycles. The lowest BCUT2D eigenvalue weighted by Crippen LogP contribution is -2.15. The zero-order chi connectivity index (χ0) is 15.9. The summed E-state index contributed by atoms with van der Waals surface area (Å²) in [6.45, 7) is 0. The normalized spacial score (nSPS) is 10.1. The van der Waals surface area contributed by atoms with Gasteiger partial charge in [0.2, 0.25) is 0 Å². The Balaban J connectivity index is 2.33. The molecule has 0 aliphatic carbocycles. The summed E-state index contributed by atoms with van der Waals surface area (Å²) in [5, 5.41) is 0. The van der Waals surface area contributed by atoms with Crippen molar-refractivity contribution in [2.24, 2.45) is 0 Å². The van der Waals surface area contributed by atoms with E-state index < -0.39 is 11.9 Å². The van der Waals surface area contributed by atoms with Gasteiger partial charge < -0.3 is 9.47 Å². The molecule has 4 heteroatoms. The van der Waals surface area contributed by atoms with E-state index in [9.17, 15) is 9.59 Å². The molecule has 0 atom stereocenters. The molecule has 0 amide bonds. The third-order valence-electron chi connectivity index (χ3n) is 3.47. The van der Waals surface area contributed by atoms with Gasteiger partial charge in [0.1, 0.15) is 0 Å². The van der Waals surface area contributed by atoms with Gasteiger partial charge in [0.25, 0.3) is 0 Å². The van der Waals surface area contributed by atoms with Crippen LogP contribution in [0.3, 0.4) is 0 Å². The fourth-order valence-electron chi connectivity index (χ4n) is 2.36. The lowest BCUT2D eigenvalue weighted by atomic mass is 9.96. The molecule has 0 fully saturated rings. The second kappa shape index (κ2) is 7.41. The van der Waals surface area contributed by atoms with E-state index in [1.807, 2.05) is 36.4 Å². The van der Waals surface area contributed by atoms with Crippen molar-refractivity contribution in [1.82, 2.24) is 0 Å². The number of hydrogen-bond acceptors (Lipinski definition) is 4. The summed E-state index contributed by atoms with van der Waals surface area (Å²) in [5.74, 6) is -1.06. The van der Waals surface area contributed by atoms with Gasteiger partial charge in [0.15, 0.2) is 0 Å². The zero-order valence-corrected chi connectivity index (χ0v) is 12.7. The number of carbonyl (C=O) groups is 2. The van der Waals surface area contributed by atoms with Crippen LogP contribution in [0.25, 0.3) is 0 Å². The first kappa shape index (κ1) is 15.8. The van der Waals surface area contributed by atoms with Gasteiger partial charge in [-0.1, -0.05) is 42.5 Å². The Kier molecular flexibility index (Phi) is 5.31. The van der Waals surface area contributed by atoms with E-state index in [1.54, 1.807) is 12.1 Å². The molecule has 0 saturated carbocycles. The third kappa shape index (κ3) is 3.52. The highest BCUT2D eigenvalue weighted by Crippen LogP contribution is 2.19. The highest BCUT2D eigenvalue weighted by Gasteiger charge is 2.21. The molecule has 0 heterocycles. The molecule has 0 aliphatic heterocycles. The number of hydrogen-bond donors (Lipinski definition) is 0. The fourth-order valence-corrected chi connectivity index (χ4v) is 2.36. The van der Waals surface area contributed by atoms with E-state index >= 15 is 0 Å². The summed E-state index contributed by atoms with van der Waals surface area (Å²) >= 11 is 0. The van der Waals surface area contributed by atoms with Crippen molar-refractivity contribution >= 4 is 11.9 Å². The van der Waals surface area contributed by atoms with E-state index in [0.29, 0.717) is 6.42 Å². The molecule has 4 nitrogen and oxygen atoms in total. The van der Waals surface area contributed by atoms with E-state index in [-0.39, 0.29) is 11.1 Å². The molecule has 114 valence electrons. The lowest BCUT2D eigenvalue weighted by molar-refractivity contribution is 0.0554. The lowest BCUT2D eigenvalue weighted by Gasteiger charge is -2.12. The number of benzene rings is 2. The van der Waals surface area contributed by atoms with Crippen LogP contribution in [0.5, 0.6) is 0 Å². The van der Waals surface area contributed by atoms with Crippen molar-refractivity contribution < 1.29 is 19.1 Å². The SMILES string of the molecule is COC(=O)c1cccc(CCc2ccccc2)c1C(=O)OC. The van der Waals surface area contributed by atoms with Gasteiger partial charge in [0.05, 0.1) is 25.3 Å². The molecule has 0 N–H and O–H groups in total. The summed E-state index contributed by atoms with van der Waals surface area (Å²) in [6.07, 6.45) is 1.41. The monoisotopic (exact) mass is 298 g/mol. The first-order valence-electron chi connectivity index (χ1n) is 6.99.